The van der Waals surface area contributed by atoms with Crippen molar-refractivity contribution in [3.05, 3.63) is 30.3 Å². The molecular formula is C13H14FNO4. The van der Waals surface area contributed by atoms with Crippen LogP contribution in [-0.4, -0.2) is 47.2 Å². The predicted molar refractivity (Wildman–Crippen MR) is 64.6 cm³/mol. The van der Waals surface area contributed by atoms with E-state index in [1.807, 2.05) is 6.07 Å². The number of hydrogen-bond donors (Lipinski definition) is 1. The van der Waals surface area contributed by atoms with Gasteiger partial charge in [-0.05, 0) is 12.1 Å². The predicted octanol–water partition coefficient (Wildman–Crippen LogP) is 1.09. The number of hydrogen-bond acceptors (Lipinski definition) is 3. The third-order valence-corrected chi connectivity index (χ3v) is 3.06. The number of amides is 1. The summed E-state index contributed by atoms with van der Waals surface area (Å²) in [5.41, 5.74) is -2.33. The van der Waals surface area contributed by atoms with Gasteiger partial charge in [0.1, 0.15) is 5.75 Å². The highest BCUT2D eigenvalue weighted by atomic mass is 19.1. The van der Waals surface area contributed by atoms with E-state index in [1.165, 1.54) is 4.90 Å². The lowest BCUT2D eigenvalue weighted by Crippen LogP contribution is -2.40. The van der Waals surface area contributed by atoms with Gasteiger partial charge < -0.3 is 14.7 Å². The number of carbonyl (C=O) groups is 2. The summed E-state index contributed by atoms with van der Waals surface area (Å²) in [4.78, 5) is 23.7. The molecule has 102 valence electrons. The zero-order chi connectivity index (χ0) is 13.9. The van der Waals surface area contributed by atoms with Crippen molar-refractivity contribution in [1.29, 1.82) is 0 Å². The first-order chi connectivity index (χ1) is 9.01. The number of benzene rings is 1. The zero-order valence-electron chi connectivity index (χ0n) is 10.2. The molecule has 1 fully saturated rings. The van der Waals surface area contributed by atoms with Gasteiger partial charge in [-0.1, -0.05) is 18.2 Å². The lowest BCUT2D eigenvalue weighted by molar-refractivity contribution is -0.150. The van der Waals surface area contributed by atoms with Crippen LogP contribution in [0.1, 0.15) is 6.42 Å². The van der Waals surface area contributed by atoms with E-state index >= 15 is 0 Å². The Balaban J connectivity index is 1.87. The number of carboxylic acid groups (broad SMARTS) is 1. The summed E-state index contributed by atoms with van der Waals surface area (Å²) in [6.45, 7) is -0.543. The van der Waals surface area contributed by atoms with E-state index in [4.69, 9.17) is 9.84 Å². The highest BCUT2D eigenvalue weighted by Crippen LogP contribution is 2.26. The Kier molecular flexibility index (Phi) is 3.69. The van der Waals surface area contributed by atoms with Gasteiger partial charge in [-0.25, -0.2) is 9.18 Å². The van der Waals surface area contributed by atoms with Crippen molar-refractivity contribution >= 4 is 11.9 Å². The first kappa shape index (κ1) is 13.3. The van der Waals surface area contributed by atoms with E-state index in [0.717, 1.165) is 0 Å². The van der Waals surface area contributed by atoms with Gasteiger partial charge in [0, 0.05) is 13.0 Å². The summed E-state index contributed by atoms with van der Waals surface area (Å²) < 4.78 is 19.0. The molecule has 0 spiro atoms. The maximum atomic E-state index is 13.8. The van der Waals surface area contributed by atoms with Gasteiger partial charge in [-0.3, -0.25) is 4.79 Å². The number of nitrogens with zero attached hydrogens (tertiary/aromatic N) is 1. The van der Waals surface area contributed by atoms with Crippen LogP contribution < -0.4 is 4.74 Å². The van der Waals surface area contributed by atoms with Crippen LogP contribution in [0.4, 0.5) is 4.39 Å². The minimum absolute atomic E-state index is 0.0970. The van der Waals surface area contributed by atoms with Crippen LogP contribution in [0, 0.1) is 0 Å². The summed E-state index contributed by atoms with van der Waals surface area (Å²) in [5.74, 6) is -1.39. The second kappa shape index (κ2) is 5.26. The topological polar surface area (TPSA) is 66.8 Å². The monoisotopic (exact) mass is 267 g/mol. The molecule has 0 saturated carbocycles. The van der Waals surface area contributed by atoms with Crippen molar-refractivity contribution in [2.45, 2.75) is 12.1 Å². The fourth-order valence-electron chi connectivity index (χ4n) is 1.91. The van der Waals surface area contributed by atoms with Crippen LogP contribution in [0.5, 0.6) is 5.75 Å². The van der Waals surface area contributed by atoms with E-state index in [9.17, 15) is 14.0 Å². The molecular weight excluding hydrogens is 253 g/mol. The van der Waals surface area contributed by atoms with E-state index in [0.29, 0.717) is 5.75 Å². The number of carbonyl (C=O) groups excluding carboxylic acids is 1. The van der Waals surface area contributed by atoms with E-state index < -0.39 is 24.1 Å². The minimum Gasteiger partial charge on any atom is -0.484 e. The number of carboxylic acids is 1. The number of ether oxygens (including phenoxy) is 1. The van der Waals surface area contributed by atoms with Crippen molar-refractivity contribution < 1.29 is 23.8 Å². The molecule has 1 amide bonds. The smallest absolute Gasteiger partial charge is 0.343 e. The van der Waals surface area contributed by atoms with Gasteiger partial charge in [0.05, 0.1) is 6.54 Å². The molecule has 1 heterocycles. The number of likely N-dealkylation sites (tertiary alicyclic amines) is 1. The van der Waals surface area contributed by atoms with Crippen molar-refractivity contribution in [2.24, 2.45) is 0 Å². The molecule has 0 radical (unpaired) electrons. The Morgan fingerprint density at radius 3 is 2.63 bits per heavy atom. The van der Waals surface area contributed by atoms with Crippen LogP contribution in [0.25, 0.3) is 0 Å². The van der Waals surface area contributed by atoms with Gasteiger partial charge in [0.2, 0.25) is 5.67 Å². The third kappa shape index (κ3) is 3.01. The number of alkyl halides is 1. The molecule has 0 aromatic heterocycles. The molecule has 1 saturated heterocycles. The van der Waals surface area contributed by atoms with Crippen molar-refractivity contribution in [3.8, 4) is 5.75 Å². The lowest BCUT2D eigenvalue weighted by atomic mass is 10.1. The molecule has 1 aromatic rings. The average molecular weight is 267 g/mol. The normalized spacial score (nSPS) is 22.3. The van der Waals surface area contributed by atoms with Gasteiger partial charge in [-0.15, -0.1) is 0 Å². The fraction of sp³-hybridized carbons (Fsp3) is 0.385. The van der Waals surface area contributed by atoms with Crippen molar-refractivity contribution in [2.75, 3.05) is 19.7 Å². The second-order valence-electron chi connectivity index (χ2n) is 4.44. The van der Waals surface area contributed by atoms with E-state index in [1.54, 1.807) is 24.3 Å². The summed E-state index contributed by atoms with van der Waals surface area (Å²) in [7, 11) is 0. The number of rotatable bonds is 4. The molecule has 1 N–H and O–H groups in total. The van der Waals surface area contributed by atoms with E-state index in [2.05, 4.69) is 0 Å². The van der Waals surface area contributed by atoms with Crippen molar-refractivity contribution in [3.63, 3.8) is 0 Å². The number of aliphatic carboxylic acids is 1. The molecule has 0 aliphatic carbocycles. The molecule has 0 bridgehead atoms. The first-order valence-electron chi connectivity index (χ1n) is 5.89. The molecule has 1 unspecified atom stereocenters. The van der Waals surface area contributed by atoms with Crippen LogP contribution in [0.3, 0.4) is 0 Å². The molecule has 1 aliphatic heterocycles. The maximum Gasteiger partial charge on any atom is 0.343 e. The largest absolute Gasteiger partial charge is 0.484 e. The third-order valence-electron chi connectivity index (χ3n) is 3.06. The molecule has 19 heavy (non-hydrogen) atoms. The Morgan fingerprint density at radius 1 is 1.37 bits per heavy atom. The minimum atomic E-state index is -2.33. The Bertz CT molecular complexity index is 479. The Labute approximate surface area is 109 Å². The standard InChI is InChI=1S/C13H14FNO4/c14-13(12(17)18)6-7-15(9-13)11(16)8-19-10-4-2-1-3-5-10/h1-5H,6-9H2,(H,17,18). The van der Waals surface area contributed by atoms with Crippen LogP contribution >= 0.6 is 0 Å². The zero-order valence-corrected chi connectivity index (χ0v) is 10.2. The highest BCUT2D eigenvalue weighted by molar-refractivity contribution is 5.83. The summed E-state index contributed by atoms with van der Waals surface area (Å²) in [5, 5.41) is 8.74. The molecule has 5 nitrogen and oxygen atoms in total. The Morgan fingerprint density at radius 2 is 2.05 bits per heavy atom. The van der Waals surface area contributed by atoms with Gasteiger partial charge >= 0.3 is 5.97 Å². The highest BCUT2D eigenvalue weighted by Gasteiger charge is 2.46. The molecule has 1 atom stereocenters. The van der Waals surface area contributed by atoms with E-state index in [-0.39, 0.29) is 19.6 Å². The molecule has 2 rings (SSSR count). The SMILES string of the molecule is O=C(COc1ccccc1)N1CCC(F)(C(=O)O)C1. The fourth-order valence-corrected chi connectivity index (χ4v) is 1.91. The maximum absolute atomic E-state index is 13.8. The van der Waals surface area contributed by atoms with Gasteiger partial charge in [0.25, 0.3) is 5.91 Å². The quantitative estimate of drug-likeness (QED) is 0.886. The van der Waals surface area contributed by atoms with Gasteiger partial charge in [0.15, 0.2) is 6.61 Å². The van der Waals surface area contributed by atoms with Crippen LogP contribution in [0.15, 0.2) is 30.3 Å². The lowest BCUT2D eigenvalue weighted by Gasteiger charge is -2.17. The van der Waals surface area contributed by atoms with Crippen LogP contribution in [0.2, 0.25) is 0 Å². The first-order valence-corrected chi connectivity index (χ1v) is 5.89. The second-order valence-corrected chi connectivity index (χ2v) is 4.44. The Hall–Kier alpha value is -2.11. The number of para-hydroxylation sites is 1. The van der Waals surface area contributed by atoms with Crippen LogP contribution in [-0.2, 0) is 9.59 Å². The molecule has 1 aromatic carbocycles. The molecule has 1 aliphatic rings. The summed E-state index contributed by atoms with van der Waals surface area (Å²) in [6, 6.07) is 8.76. The summed E-state index contributed by atoms with van der Waals surface area (Å²) in [6.07, 6.45) is -0.181. The summed E-state index contributed by atoms with van der Waals surface area (Å²) >= 11 is 0. The van der Waals surface area contributed by atoms with Crippen molar-refractivity contribution in [1.82, 2.24) is 4.90 Å². The average Bonchev–Trinajstić information content (AvgIpc) is 2.81. The number of halogens is 1. The van der Waals surface area contributed by atoms with Gasteiger partial charge in [-0.2, -0.15) is 0 Å². The molecule has 6 heteroatoms.